The zero-order valence-electron chi connectivity index (χ0n) is 24.3. The van der Waals surface area contributed by atoms with Gasteiger partial charge in [-0.2, -0.15) is 0 Å². The van der Waals surface area contributed by atoms with Crippen molar-refractivity contribution in [1.82, 2.24) is 10.6 Å². The van der Waals surface area contributed by atoms with E-state index in [0.29, 0.717) is 11.8 Å². The van der Waals surface area contributed by atoms with Crippen LogP contribution < -0.4 is 10.6 Å². The molecular weight excluding hydrogens is 440 g/mol. The van der Waals surface area contributed by atoms with Crippen molar-refractivity contribution in [3.05, 3.63) is 96.0 Å². The zero-order valence-corrected chi connectivity index (χ0v) is 24.3. The summed E-state index contributed by atoms with van der Waals surface area (Å²) in [7, 11) is 1.83. The Balaban J connectivity index is 6.25. The summed E-state index contributed by atoms with van der Waals surface area (Å²) in [6.07, 6.45) is 19.9. The third-order valence-corrected chi connectivity index (χ3v) is 6.75. The van der Waals surface area contributed by atoms with Crippen LogP contribution in [0.4, 0.5) is 0 Å². The molecule has 0 aromatic rings. The Morgan fingerprint density at radius 1 is 1.06 bits per heavy atom. The highest BCUT2D eigenvalue weighted by Crippen LogP contribution is 2.27. The standard InChI is InChI=1S/C33H52N2O/c1-12-16-17-19-26(7)31(15-4)30(18-13-2)22-32(28(9)34-11)33(23-36)29(10)35-27(8)21-20-25(6)24(5)14-3/h15,17-25,29,33-35H,4,8-9,12-14,16H2,1-3,5-7,10-11H3/b19-17-,21-20-,30-18-,31-26+,32-22+. The molecular formula is C33H52N2O. The lowest BCUT2D eigenvalue weighted by Gasteiger charge is -2.26. The van der Waals surface area contributed by atoms with Gasteiger partial charge in [-0.3, -0.25) is 0 Å². The molecule has 0 aliphatic heterocycles. The lowest BCUT2D eigenvalue weighted by molar-refractivity contribution is -0.110. The Labute approximate surface area is 222 Å². The molecule has 0 aliphatic carbocycles. The number of carbonyl (C=O) groups excluding carboxylic acids is 1. The molecule has 0 aromatic carbocycles. The van der Waals surface area contributed by atoms with Crippen molar-refractivity contribution in [2.75, 3.05) is 7.05 Å². The molecule has 0 saturated heterocycles. The third kappa shape index (κ3) is 11.3. The average Bonchev–Trinajstić information content (AvgIpc) is 2.86. The van der Waals surface area contributed by atoms with Crippen molar-refractivity contribution in [2.24, 2.45) is 17.8 Å². The van der Waals surface area contributed by atoms with Crippen LogP contribution in [0.3, 0.4) is 0 Å². The van der Waals surface area contributed by atoms with Gasteiger partial charge in [0.15, 0.2) is 0 Å². The monoisotopic (exact) mass is 492 g/mol. The fraction of sp³-hybridized carbons (Fsp3) is 0.485. The maximum atomic E-state index is 12.4. The van der Waals surface area contributed by atoms with Crippen LogP contribution in [0, 0.1) is 17.8 Å². The molecule has 0 spiro atoms. The van der Waals surface area contributed by atoms with E-state index in [2.05, 4.69) is 102 Å². The number of nitrogens with one attached hydrogen (secondary N) is 2. The van der Waals surface area contributed by atoms with Gasteiger partial charge in [-0.15, -0.1) is 0 Å². The van der Waals surface area contributed by atoms with Crippen LogP contribution in [-0.4, -0.2) is 19.4 Å². The third-order valence-electron chi connectivity index (χ3n) is 6.75. The maximum absolute atomic E-state index is 12.4. The Morgan fingerprint density at radius 2 is 1.72 bits per heavy atom. The highest BCUT2D eigenvalue weighted by atomic mass is 16.1. The maximum Gasteiger partial charge on any atom is 0.129 e. The van der Waals surface area contributed by atoms with E-state index in [4.69, 9.17) is 0 Å². The number of allylic oxidation sites excluding steroid dienone is 11. The molecule has 0 aromatic heterocycles. The highest BCUT2D eigenvalue weighted by Gasteiger charge is 2.23. The van der Waals surface area contributed by atoms with E-state index in [0.717, 1.165) is 65.7 Å². The molecule has 4 unspecified atom stereocenters. The Kier molecular flexibility index (Phi) is 17.0. The average molecular weight is 493 g/mol. The number of aldehydes is 1. The largest absolute Gasteiger partial charge is 0.388 e. The molecule has 0 bridgehead atoms. The molecule has 3 heteroatoms. The molecule has 2 N–H and O–H groups in total. The van der Waals surface area contributed by atoms with E-state index in [1.807, 2.05) is 26.1 Å². The number of unbranched alkanes of at least 4 members (excludes halogenated alkanes) is 1. The van der Waals surface area contributed by atoms with E-state index in [-0.39, 0.29) is 6.04 Å². The summed E-state index contributed by atoms with van der Waals surface area (Å²) in [4.78, 5) is 12.4. The van der Waals surface area contributed by atoms with Crippen molar-refractivity contribution in [3.8, 4) is 0 Å². The first-order valence-corrected chi connectivity index (χ1v) is 13.5. The van der Waals surface area contributed by atoms with Gasteiger partial charge in [0.1, 0.15) is 6.29 Å². The Hall–Kier alpha value is -2.81. The van der Waals surface area contributed by atoms with E-state index in [1.54, 1.807) is 0 Å². The normalized spacial score (nSPS) is 16.8. The SMILES string of the molecule is C=CC(/C(=C\CC)/C=C(\C(=C)NC)C(C=O)C(C)NC(=C)/C=C\C(C)C(C)CC)=C(C)\C=C/CCC. The van der Waals surface area contributed by atoms with Gasteiger partial charge in [0.05, 0.1) is 5.92 Å². The molecule has 0 radical (unpaired) electrons. The first-order chi connectivity index (χ1) is 17.1. The van der Waals surface area contributed by atoms with Crippen LogP contribution >= 0.6 is 0 Å². The summed E-state index contributed by atoms with van der Waals surface area (Å²) < 4.78 is 0. The summed E-state index contributed by atoms with van der Waals surface area (Å²) >= 11 is 0. The lowest BCUT2D eigenvalue weighted by atomic mass is 9.87. The van der Waals surface area contributed by atoms with Gasteiger partial charge in [0.25, 0.3) is 0 Å². The molecule has 3 nitrogen and oxygen atoms in total. The van der Waals surface area contributed by atoms with Crippen LogP contribution in [0.25, 0.3) is 0 Å². The van der Waals surface area contributed by atoms with Crippen LogP contribution in [0.15, 0.2) is 96.0 Å². The number of hydrogen-bond donors (Lipinski definition) is 2. The lowest BCUT2D eigenvalue weighted by Crippen LogP contribution is -2.35. The zero-order chi connectivity index (χ0) is 27.7. The van der Waals surface area contributed by atoms with Crippen molar-refractivity contribution in [1.29, 1.82) is 0 Å². The molecule has 0 fully saturated rings. The van der Waals surface area contributed by atoms with Gasteiger partial charge in [0.2, 0.25) is 0 Å². The van der Waals surface area contributed by atoms with Crippen LogP contribution in [0.2, 0.25) is 0 Å². The van der Waals surface area contributed by atoms with Crippen LogP contribution in [-0.2, 0) is 4.79 Å². The Morgan fingerprint density at radius 3 is 2.22 bits per heavy atom. The first-order valence-electron chi connectivity index (χ1n) is 13.5. The quantitative estimate of drug-likeness (QED) is 0.149. The van der Waals surface area contributed by atoms with Crippen LogP contribution in [0.5, 0.6) is 0 Å². The van der Waals surface area contributed by atoms with Crippen molar-refractivity contribution < 1.29 is 4.79 Å². The molecule has 0 aliphatic rings. The van der Waals surface area contributed by atoms with Crippen LogP contribution in [0.1, 0.15) is 74.1 Å². The minimum Gasteiger partial charge on any atom is -0.388 e. The summed E-state index contributed by atoms with van der Waals surface area (Å²) in [6, 6.07) is -0.167. The van der Waals surface area contributed by atoms with Gasteiger partial charge < -0.3 is 15.4 Å². The summed E-state index contributed by atoms with van der Waals surface area (Å²) in [5.74, 6) is 0.661. The summed E-state index contributed by atoms with van der Waals surface area (Å²) in [6.45, 7) is 27.5. The van der Waals surface area contributed by atoms with E-state index >= 15 is 0 Å². The molecule has 200 valence electrons. The topological polar surface area (TPSA) is 41.1 Å². The second-order valence-electron chi connectivity index (χ2n) is 9.61. The van der Waals surface area contributed by atoms with Gasteiger partial charge in [-0.25, -0.2) is 0 Å². The molecule has 0 amide bonds. The number of likely N-dealkylation sites (N-methyl/N-ethyl adjacent to an activating group) is 1. The van der Waals surface area contributed by atoms with E-state index in [1.165, 1.54) is 0 Å². The smallest absolute Gasteiger partial charge is 0.129 e. The molecule has 0 heterocycles. The van der Waals surface area contributed by atoms with Crippen molar-refractivity contribution in [2.45, 2.75) is 80.2 Å². The number of hydrogen-bond acceptors (Lipinski definition) is 3. The fourth-order valence-corrected chi connectivity index (χ4v) is 3.91. The number of rotatable bonds is 18. The van der Waals surface area contributed by atoms with Crippen molar-refractivity contribution in [3.63, 3.8) is 0 Å². The summed E-state index contributed by atoms with van der Waals surface area (Å²) in [5.41, 5.74) is 5.61. The van der Waals surface area contributed by atoms with Crippen molar-refractivity contribution >= 4 is 6.29 Å². The van der Waals surface area contributed by atoms with Gasteiger partial charge in [-0.05, 0) is 73.0 Å². The predicted octanol–water partition coefficient (Wildman–Crippen LogP) is 8.39. The Bertz CT molecular complexity index is 881. The fourth-order valence-electron chi connectivity index (χ4n) is 3.91. The van der Waals surface area contributed by atoms with E-state index < -0.39 is 5.92 Å². The van der Waals surface area contributed by atoms with Gasteiger partial charge in [0, 0.05) is 24.5 Å². The minimum absolute atomic E-state index is 0.167. The minimum atomic E-state index is -0.413. The summed E-state index contributed by atoms with van der Waals surface area (Å²) in [5, 5.41) is 6.58. The molecule has 0 rings (SSSR count). The first kappa shape index (κ1) is 33.2. The molecule has 4 atom stereocenters. The van der Waals surface area contributed by atoms with Gasteiger partial charge in [-0.1, -0.05) is 97.6 Å². The molecule has 0 saturated carbocycles. The number of carbonyl (C=O) groups is 1. The second-order valence-corrected chi connectivity index (χ2v) is 9.61. The highest BCUT2D eigenvalue weighted by molar-refractivity contribution is 5.65. The second kappa shape index (κ2) is 18.5. The molecule has 36 heavy (non-hydrogen) atoms. The van der Waals surface area contributed by atoms with E-state index in [9.17, 15) is 4.79 Å². The predicted molar refractivity (Wildman–Crippen MR) is 161 cm³/mol. The van der Waals surface area contributed by atoms with Gasteiger partial charge >= 0.3 is 0 Å².